The maximum absolute atomic E-state index is 4.44. The van der Waals surface area contributed by atoms with Crippen LogP contribution in [0.4, 0.5) is 0 Å². The first kappa shape index (κ1) is 51.8. The molecule has 0 nitrogen and oxygen atoms in total. The fourth-order valence-electron chi connectivity index (χ4n) is 13.9. The van der Waals surface area contributed by atoms with Gasteiger partial charge in [-0.05, 0) is 160 Å². The highest BCUT2D eigenvalue weighted by Crippen LogP contribution is 2.59. The van der Waals surface area contributed by atoms with Crippen molar-refractivity contribution in [2.24, 2.45) is 0 Å². The van der Waals surface area contributed by atoms with Crippen molar-refractivity contribution in [3.05, 3.63) is 339 Å². The van der Waals surface area contributed by atoms with Gasteiger partial charge in [-0.3, -0.25) is 0 Å². The van der Waals surface area contributed by atoms with E-state index in [9.17, 15) is 0 Å². The molecule has 0 aliphatic heterocycles. The maximum Gasteiger partial charge on any atom is 0.0676 e. The molecule has 0 amide bonds. The molecule has 0 fully saturated rings. The Morgan fingerprint density at radius 1 is 0.513 bits per heavy atom. The molecule has 0 aromatic heterocycles. The average Bonchev–Trinajstić information content (AvgIpc) is 4.22. The van der Waals surface area contributed by atoms with Crippen LogP contribution in [0.3, 0.4) is 0 Å². The lowest BCUT2D eigenvalue weighted by Crippen LogP contribution is -2.30. The van der Waals surface area contributed by atoms with E-state index in [0.717, 1.165) is 24.8 Å². The van der Waals surface area contributed by atoms with E-state index in [2.05, 4.69) is 284 Å². The largest absolute Gasteiger partial charge is 0.0991 e. The molecule has 8 aromatic carbocycles. The highest BCUT2D eigenvalue weighted by atomic mass is 14.5. The zero-order chi connectivity index (χ0) is 54.0. The highest BCUT2D eigenvalue weighted by Gasteiger charge is 2.48. The van der Waals surface area contributed by atoms with Crippen LogP contribution in [-0.2, 0) is 22.7 Å². The molecule has 8 aromatic rings. The molecule has 6 aliphatic rings. The Morgan fingerprint density at radius 2 is 0.974 bits per heavy atom. The van der Waals surface area contributed by atoms with Crippen molar-refractivity contribution in [2.45, 2.75) is 89.9 Å². The van der Waals surface area contributed by atoms with Gasteiger partial charge in [0.05, 0.1) is 10.8 Å². The summed E-state index contributed by atoms with van der Waals surface area (Å²) >= 11 is 0. The molecule has 0 saturated carbocycles. The molecule has 0 N–H and O–H groups in total. The number of rotatable bonds is 6. The molecule has 0 bridgehead atoms. The molecule has 6 aliphatic carbocycles. The molecular formula is C78H72. The van der Waals surface area contributed by atoms with Gasteiger partial charge in [0, 0.05) is 5.41 Å². The van der Waals surface area contributed by atoms with Crippen LogP contribution in [-0.4, -0.2) is 0 Å². The van der Waals surface area contributed by atoms with Gasteiger partial charge in [-0.2, -0.15) is 0 Å². The van der Waals surface area contributed by atoms with Crippen LogP contribution < -0.4 is 0 Å². The first-order chi connectivity index (χ1) is 38.0. The van der Waals surface area contributed by atoms with Gasteiger partial charge in [0.15, 0.2) is 0 Å². The predicted molar refractivity (Wildman–Crippen MR) is 334 cm³/mol. The number of hydrogen-bond acceptors (Lipinski definition) is 0. The Kier molecular flexibility index (Phi) is 14.3. The van der Waals surface area contributed by atoms with Crippen LogP contribution in [0.2, 0.25) is 0 Å². The summed E-state index contributed by atoms with van der Waals surface area (Å²) < 4.78 is 0. The number of benzene rings is 8. The molecule has 14 rings (SSSR count). The normalized spacial score (nSPS) is 16.6. The molecular weight excluding hydrogens is 937 g/mol. The number of fused-ring (bicyclic) bond motifs is 11. The minimum atomic E-state index is -0.312. The van der Waals surface area contributed by atoms with Crippen LogP contribution >= 0.6 is 0 Å². The van der Waals surface area contributed by atoms with Crippen LogP contribution in [0.5, 0.6) is 0 Å². The van der Waals surface area contributed by atoms with Crippen LogP contribution in [0.1, 0.15) is 116 Å². The first-order valence-electron chi connectivity index (χ1n) is 28.2. The second-order valence-electron chi connectivity index (χ2n) is 22.4. The molecule has 384 valence electrons. The molecule has 0 spiro atoms. The summed E-state index contributed by atoms with van der Waals surface area (Å²) in [7, 11) is 0. The van der Waals surface area contributed by atoms with E-state index in [1.54, 1.807) is 11.1 Å². The van der Waals surface area contributed by atoms with Crippen LogP contribution in [0.15, 0.2) is 284 Å². The molecule has 0 heterocycles. The lowest BCUT2D eigenvalue weighted by atomic mass is 9.65. The van der Waals surface area contributed by atoms with Gasteiger partial charge in [-0.25, -0.2) is 0 Å². The van der Waals surface area contributed by atoms with Gasteiger partial charge in [0.25, 0.3) is 0 Å². The Morgan fingerprint density at radius 3 is 1.47 bits per heavy atom. The summed E-state index contributed by atoms with van der Waals surface area (Å²) in [6.45, 7) is 21.6. The molecule has 78 heavy (non-hydrogen) atoms. The van der Waals surface area contributed by atoms with Gasteiger partial charge in [-0.15, -0.1) is 0 Å². The Balaban J connectivity index is 0.000000115. The summed E-state index contributed by atoms with van der Waals surface area (Å²) in [5.74, 6) is 0. The van der Waals surface area contributed by atoms with Crippen molar-refractivity contribution in [2.75, 3.05) is 0 Å². The van der Waals surface area contributed by atoms with Crippen molar-refractivity contribution >= 4 is 5.57 Å². The second-order valence-corrected chi connectivity index (χ2v) is 22.4. The Labute approximate surface area is 465 Å². The van der Waals surface area contributed by atoms with Gasteiger partial charge in [-0.1, -0.05) is 292 Å². The monoisotopic (exact) mass is 1010 g/mol. The number of allylic oxidation sites excluding steroid dienone is 14. The summed E-state index contributed by atoms with van der Waals surface area (Å²) in [5.41, 5.74) is 30.3. The standard InChI is InChI=1S/C27H24.C23H22.C15H14.C13H12/c1-19-11-15-21(16-12-19)27(22-17-13-20(2)14-18-22)25-9-5-3-7-23(25)24-8-4-6-10-26(24)27;1-5-11-17(3)23(18(4)12-6-2)21-15-9-7-13-19(21)20-14-8-10-16-22(20)23;1-15(2)13-9-5-3-7-11(13)12-8-4-6-10-14(12)15;1-3-7-12-10(5-1)9-11-6-2-4-8-13(11)12/h3-13,15-17H,14,18H2,1-2H3;5-16H,1,4H2,2-3H3;3-10H,1-2H3;1-3,5-7H,4,8-9H2/b;12-6-,17-11+;;. The Bertz CT molecular complexity index is 3670. The topological polar surface area (TPSA) is 0 Å². The van der Waals surface area contributed by atoms with Gasteiger partial charge in [0.1, 0.15) is 0 Å². The van der Waals surface area contributed by atoms with E-state index in [4.69, 9.17) is 0 Å². The highest BCUT2D eigenvalue weighted by molar-refractivity contribution is 5.88. The van der Waals surface area contributed by atoms with Crippen molar-refractivity contribution in [1.29, 1.82) is 0 Å². The van der Waals surface area contributed by atoms with E-state index < -0.39 is 0 Å². The van der Waals surface area contributed by atoms with Gasteiger partial charge < -0.3 is 0 Å². The van der Waals surface area contributed by atoms with E-state index in [1.165, 1.54) is 119 Å². The third-order valence-electron chi connectivity index (χ3n) is 17.5. The van der Waals surface area contributed by atoms with Crippen molar-refractivity contribution in [3.8, 4) is 33.4 Å². The molecule has 0 atom stereocenters. The van der Waals surface area contributed by atoms with E-state index >= 15 is 0 Å². The minimum absolute atomic E-state index is 0.160. The third kappa shape index (κ3) is 8.73. The quantitative estimate of drug-likeness (QED) is 0.146. The predicted octanol–water partition coefficient (Wildman–Crippen LogP) is 20.5. The number of aryl methyl sites for hydroxylation is 1. The zero-order valence-corrected chi connectivity index (χ0v) is 46.5. The second kappa shape index (κ2) is 21.6. The zero-order valence-electron chi connectivity index (χ0n) is 46.5. The fourth-order valence-corrected chi connectivity index (χ4v) is 13.9. The molecule has 0 heteroatoms. The lowest BCUT2D eigenvalue weighted by Gasteiger charge is -2.37. The smallest absolute Gasteiger partial charge is 0.0676 e. The van der Waals surface area contributed by atoms with Gasteiger partial charge in [0.2, 0.25) is 0 Å². The van der Waals surface area contributed by atoms with Crippen molar-refractivity contribution in [1.82, 2.24) is 0 Å². The van der Waals surface area contributed by atoms with Crippen molar-refractivity contribution < 1.29 is 0 Å². The minimum Gasteiger partial charge on any atom is -0.0991 e. The van der Waals surface area contributed by atoms with Crippen LogP contribution in [0.25, 0.3) is 39.0 Å². The first-order valence-corrected chi connectivity index (χ1v) is 28.2. The third-order valence-corrected chi connectivity index (χ3v) is 17.5. The van der Waals surface area contributed by atoms with Gasteiger partial charge >= 0.3 is 0 Å². The van der Waals surface area contributed by atoms with E-state index in [0.29, 0.717) is 0 Å². The fraction of sp³-hybridized carbons (Fsp3) is 0.179. The lowest BCUT2D eigenvalue weighted by molar-refractivity contribution is 0.660. The van der Waals surface area contributed by atoms with Crippen LogP contribution in [0, 0.1) is 6.92 Å². The summed E-state index contributed by atoms with van der Waals surface area (Å²) in [6.07, 6.45) is 23.3. The SMILES string of the molecule is C1=CC2=C(CC1)c1ccccc1C2.C=C/C=C(\C)C1(C(=C)/C=C\C)c2ccccc2-c2ccccc21.CC1(C)c2ccccc2-c2ccccc21.CC1=CC=C(C2(c3ccc(C)cc3)c3ccccc3-c3ccccc32)CC1. The summed E-state index contributed by atoms with van der Waals surface area (Å²) in [4.78, 5) is 0. The molecule has 0 saturated heterocycles. The maximum atomic E-state index is 4.44. The average molecular weight is 1010 g/mol. The van der Waals surface area contributed by atoms with E-state index in [-0.39, 0.29) is 16.2 Å². The summed E-state index contributed by atoms with van der Waals surface area (Å²) in [6, 6.07) is 70.7. The molecule has 0 unspecified atom stereocenters. The van der Waals surface area contributed by atoms with Crippen molar-refractivity contribution in [3.63, 3.8) is 0 Å². The Hall–Kier alpha value is -8.32. The number of hydrogen-bond donors (Lipinski definition) is 0. The summed E-state index contributed by atoms with van der Waals surface area (Å²) in [5, 5.41) is 0. The molecule has 0 radical (unpaired) electrons. The van der Waals surface area contributed by atoms with E-state index in [1.807, 2.05) is 13.0 Å².